The number of ketones is 1. The van der Waals surface area contributed by atoms with Gasteiger partial charge in [-0.3, -0.25) is 4.79 Å². The van der Waals surface area contributed by atoms with Crippen molar-refractivity contribution in [3.63, 3.8) is 0 Å². The Morgan fingerprint density at radius 2 is 2.23 bits per heavy atom. The maximum Gasteiger partial charge on any atom is 0.151 e. The van der Waals surface area contributed by atoms with Crippen molar-refractivity contribution in [3.8, 4) is 0 Å². The molecule has 0 unspecified atom stereocenters. The second kappa shape index (κ2) is 5.03. The molecule has 0 aliphatic heterocycles. The number of rotatable bonds is 3. The van der Waals surface area contributed by atoms with E-state index in [0.29, 0.717) is 6.42 Å². The highest BCUT2D eigenvalue weighted by Gasteiger charge is 2.06. The summed E-state index contributed by atoms with van der Waals surface area (Å²) in [5, 5.41) is 0. The summed E-state index contributed by atoms with van der Waals surface area (Å²) in [6.07, 6.45) is 0.360. The lowest BCUT2D eigenvalue weighted by Crippen LogP contribution is -2.04. The van der Waals surface area contributed by atoms with Crippen LogP contribution in [0.4, 0.5) is 0 Å². The first kappa shape index (κ1) is 11.1. The summed E-state index contributed by atoms with van der Waals surface area (Å²) in [5.41, 5.74) is 0.929. The summed E-state index contributed by atoms with van der Waals surface area (Å²) in [6, 6.07) is 5.61. The largest absolute Gasteiger partial charge is 0.298 e. The number of hydrogen-bond acceptors (Lipinski definition) is 2. The van der Waals surface area contributed by atoms with Crippen LogP contribution in [0.2, 0.25) is 0 Å². The molecule has 0 aliphatic carbocycles. The Kier molecular flexibility index (Phi) is 4.29. The Bertz CT molecular complexity index is 327. The van der Waals surface area contributed by atoms with Gasteiger partial charge in [-0.2, -0.15) is 0 Å². The minimum Gasteiger partial charge on any atom is -0.298 e. The van der Waals surface area contributed by atoms with Gasteiger partial charge >= 0.3 is 0 Å². The molecule has 1 aromatic carbocycles. The Balaban J connectivity index is 2.89. The van der Waals surface area contributed by atoms with Gasteiger partial charge in [0.1, 0.15) is 0 Å². The molecule has 0 saturated heterocycles. The maximum absolute atomic E-state index is 11.1. The quantitative estimate of drug-likeness (QED) is 0.665. The first-order valence-corrected chi connectivity index (χ1v) is 5.46. The van der Waals surface area contributed by atoms with E-state index >= 15 is 0 Å². The third kappa shape index (κ3) is 3.01. The van der Waals surface area contributed by atoms with E-state index < -0.39 is 0 Å². The summed E-state index contributed by atoms with van der Waals surface area (Å²) in [7, 11) is 0. The van der Waals surface area contributed by atoms with Gasteiger partial charge in [0.15, 0.2) is 5.78 Å². The highest BCUT2D eigenvalue weighted by molar-refractivity contribution is 9.10. The van der Waals surface area contributed by atoms with Crippen molar-refractivity contribution in [1.82, 2.24) is 0 Å². The molecule has 0 aliphatic rings. The Morgan fingerprint density at radius 1 is 1.54 bits per heavy atom. The molecule has 1 rings (SSSR count). The number of carbonyl (C=O) groups excluding carboxylic acids is 1. The molecule has 0 fully saturated rings. The third-order valence-corrected chi connectivity index (χ3v) is 3.51. The number of Topliss-reactive ketones (excluding diaryl/α,β-unsaturated/α-hetero) is 1. The second-order valence-electron chi connectivity index (χ2n) is 2.60. The number of halogens is 2. The monoisotopic (exact) mass is 278 g/mol. The molecule has 0 aromatic heterocycles. The zero-order valence-electron chi connectivity index (χ0n) is 6.76. The molecule has 0 amide bonds. The molecule has 0 spiro atoms. The average Bonchev–Trinajstić information content (AvgIpc) is 2.13. The topological polar surface area (TPSA) is 17.1 Å². The first-order valence-electron chi connectivity index (χ1n) is 3.69. The predicted octanol–water partition coefficient (Wildman–Crippen LogP) is 3.09. The summed E-state index contributed by atoms with van der Waals surface area (Å²) in [6.45, 7) is 0. The molecule has 0 radical (unpaired) electrons. The van der Waals surface area contributed by atoms with Crippen LogP contribution in [0.3, 0.4) is 0 Å². The fourth-order valence-electron chi connectivity index (χ4n) is 0.962. The van der Waals surface area contributed by atoms with Gasteiger partial charge in [-0.1, -0.05) is 12.1 Å². The van der Waals surface area contributed by atoms with Crippen LogP contribution >= 0.6 is 40.2 Å². The summed E-state index contributed by atoms with van der Waals surface area (Å²) in [5.74, 6) is 0.0739. The standard InChI is InChI=1S/C9H8BrClOS/c10-9-6(4-7(12)5-11)2-1-3-8(9)13/h1-3,13H,4-5H2. The summed E-state index contributed by atoms with van der Waals surface area (Å²) < 4.78 is 0.872. The molecular formula is C9H8BrClOS. The van der Waals surface area contributed by atoms with Crippen LogP contribution in [0.15, 0.2) is 27.6 Å². The van der Waals surface area contributed by atoms with Crippen molar-refractivity contribution in [2.24, 2.45) is 0 Å². The predicted molar refractivity (Wildman–Crippen MR) is 60.8 cm³/mol. The van der Waals surface area contributed by atoms with Gasteiger partial charge in [-0.05, 0) is 27.6 Å². The lowest BCUT2D eigenvalue weighted by Gasteiger charge is -2.04. The molecule has 0 saturated carbocycles. The van der Waals surface area contributed by atoms with E-state index in [-0.39, 0.29) is 11.7 Å². The molecule has 13 heavy (non-hydrogen) atoms. The van der Waals surface area contributed by atoms with E-state index in [1.54, 1.807) is 0 Å². The van der Waals surface area contributed by atoms with E-state index in [4.69, 9.17) is 11.6 Å². The van der Waals surface area contributed by atoms with E-state index in [0.717, 1.165) is 14.9 Å². The van der Waals surface area contributed by atoms with Crippen LogP contribution in [-0.4, -0.2) is 11.7 Å². The average molecular weight is 280 g/mol. The molecular weight excluding hydrogens is 272 g/mol. The van der Waals surface area contributed by atoms with Gasteiger partial charge in [-0.25, -0.2) is 0 Å². The lowest BCUT2D eigenvalue weighted by atomic mass is 10.1. The van der Waals surface area contributed by atoms with E-state index in [1.807, 2.05) is 18.2 Å². The van der Waals surface area contributed by atoms with Gasteiger partial charge in [0.25, 0.3) is 0 Å². The van der Waals surface area contributed by atoms with Crippen molar-refractivity contribution >= 4 is 45.9 Å². The Morgan fingerprint density at radius 3 is 2.85 bits per heavy atom. The minimum atomic E-state index is 0.0151. The molecule has 4 heteroatoms. The highest BCUT2D eigenvalue weighted by Crippen LogP contribution is 2.25. The molecule has 0 atom stereocenters. The zero-order chi connectivity index (χ0) is 9.84. The van der Waals surface area contributed by atoms with Crippen LogP contribution < -0.4 is 0 Å². The number of carbonyl (C=O) groups is 1. The number of hydrogen-bond donors (Lipinski definition) is 1. The van der Waals surface area contributed by atoms with Crippen LogP contribution in [-0.2, 0) is 11.2 Å². The van der Waals surface area contributed by atoms with E-state index in [2.05, 4.69) is 28.6 Å². The molecule has 70 valence electrons. The van der Waals surface area contributed by atoms with Crippen molar-refractivity contribution in [3.05, 3.63) is 28.2 Å². The first-order chi connectivity index (χ1) is 6.15. The molecule has 1 aromatic rings. The Labute approximate surface area is 96.0 Å². The van der Waals surface area contributed by atoms with Crippen molar-refractivity contribution in [2.75, 3.05) is 5.88 Å². The fraction of sp³-hybridized carbons (Fsp3) is 0.222. The number of thiol groups is 1. The van der Waals surface area contributed by atoms with Gasteiger partial charge in [0.05, 0.1) is 5.88 Å². The minimum absolute atomic E-state index is 0.0151. The van der Waals surface area contributed by atoms with Crippen molar-refractivity contribution < 1.29 is 4.79 Å². The highest BCUT2D eigenvalue weighted by atomic mass is 79.9. The van der Waals surface area contributed by atoms with Crippen LogP contribution in [0.5, 0.6) is 0 Å². The van der Waals surface area contributed by atoms with Crippen LogP contribution in [0, 0.1) is 0 Å². The van der Waals surface area contributed by atoms with Gasteiger partial charge in [0, 0.05) is 15.8 Å². The van der Waals surface area contributed by atoms with Crippen molar-refractivity contribution in [1.29, 1.82) is 0 Å². The normalized spacial score (nSPS) is 10.1. The summed E-state index contributed by atoms with van der Waals surface area (Å²) in [4.78, 5) is 11.9. The van der Waals surface area contributed by atoms with Crippen molar-refractivity contribution in [2.45, 2.75) is 11.3 Å². The number of benzene rings is 1. The van der Waals surface area contributed by atoms with Gasteiger partial charge in [-0.15, -0.1) is 24.2 Å². The molecule has 0 N–H and O–H groups in total. The SMILES string of the molecule is O=C(CCl)Cc1cccc(S)c1Br. The zero-order valence-corrected chi connectivity index (χ0v) is 9.99. The van der Waals surface area contributed by atoms with E-state index in [9.17, 15) is 4.79 Å². The fourth-order valence-corrected chi connectivity index (χ4v) is 1.69. The second-order valence-corrected chi connectivity index (χ2v) is 4.14. The Hall–Kier alpha value is 0.01000. The third-order valence-electron chi connectivity index (χ3n) is 1.59. The maximum atomic E-state index is 11.1. The molecule has 0 bridgehead atoms. The van der Waals surface area contributed by atoms with Gasteiger partial charge in [0.2, 0.25) is 0 Å². The van der Waals surface area contributed by atoms with Crippen LogP contribution in [0.25, 0.3) is 0 Å². The van der Waals surface area contributed by atoms with E-state index in [1.165, 1.54) is 0 Å². The summed E-state index contributed by atoms with van der Waals surface area (Å²) >= 11 is 13.0. The van der Waals surface area contributed by atoms with Gasteiger partial charge < -0.3 is 0 Å². The van der Waals surface area contributed by atoms with Crippen LogP contribution in [0.1, 0.15) is 5.56 Å². The smallest absolute Gasteiger partial charge is 0.151 e. The molecule has 0 heterocycles. The number of alkyl halides is 1. The lowest BCUT2D eigenvalue weighted by molar-refractivity contribution is -0.116. The molecule has 1 nitrogen and oxygen atoms in total.